The number of non-ortho nitro benzene ring substituents is 1. The van der Waals surface area contributed by atoms with Gasteiger partial charge in [0.25, 0.3) is 23.4 Å². The molecule has 1 unspecified atom stereocenters. The number of ether oxygens (including phenoxy) is 3. The van der Waals surface area contributed by atoms with Gasteiger partial charge in [-0.1, -0.05) is 49.1 Å². The second-order valence-corrected chi connectivity index (χ2v) is 17.6. The Bertz CT molecular complexity index is 2570. The highest BCUT2D eigenvalue weighted by Gasteiger charge is 2.44. The van der Waals surface area contributed by atoms with Gasteiger partial charge in [-0.05, 0) is 117 Å². The summed E-state index contributed by atoms with van der Waals surface area (Å²) in [6, 6.07) is 26.1. The monoisotopic (exact) mass is 891 g/mol. The molecule has 2 saturated heterocycles. The molecule has 4 heterocycles. The van der Waals surface area contributed by atoms with Crippen LogP contribution in [-0.2, 0) is 20.9 Å². The Morgan fingerprint density at radius 1 is 0.773 bits per heavy atom. The number of nitrogens with one attached hydrogen (secondary N) is 1. The van der Waals surface area contributed by atoms with Gasteiger partial charge in [0, 0.05) is 54.9 Å². The fraction of sp³-hybridized carbons (Fsp3) is 0.346. The lowest BCUT2D eigenvalue weighted by Gasteiger charge is -2.40. The summed E-state index contributed by atoms with van der Waals surface area (Å²) in [5.74, 6) is -0.0337. The Labute approximate surface area is 383 Å². The number of nitro groups is 1. The molecule has 0 bridgehead atoms. The van der Waals surface area contributed by atoms with E-state index in [2.05, 4.69) is 16.8 Å². The van der Waals surface area contributed by atoms with Crippen molar-refractivity contribution in [3.05, 3.63) is 153 Å². The number of unbranched alkanes of at least 4 members (excludes halogenated alkanes) is 2. The SMILES string of the molecule is C=C1CCC(N2C(=O)c3ccc(OCCCCCN4CCC(OC5CC(Oc6ccc(CN7C(=O)C(=CC=Cc8ccc([N+](=O)[O-])cc8)c8ccccc87)cc6)C5)CC4)cc3C2=O)C(=O)N1. The van der Waals surface area contributed by atoms with Gasteiger partial charge in [-0.2, -0.15) is 0 Å². The zero-order valence-corrected chi connectivity index (χ0v) is 36.8. The van der Waals surface area contributed by atoms with Gasteiger partial charge in [0.1, 0.15) is 23.6 Å². The maximum atomic E-state index is 13.7. The lowest BCUT2D eigenvalue weighted by Crippen LogP contribution is -2.51. The molecule has 3 fully saturated rings. The third-order valence-electron chi connectivity index (χ3n) is 13.1. The molecular weight excluding hydrogens is 839 g/mol. The van der Waals surface area contributed by atoms with E-state index >= 15 is 0 Å². The van der Waals surface area contributed by atoms with Gasteiger partial charge >= 0.3 is 0 Å². The van der Waals surface area contributed by atoms with Gasteiger partial charge in [-0.15, -0.1) is 0 Å². The molecular formula is C52H53N5O9. The molecule has 1 N–H and O–H groups in total. The molecule has 4 aromatic carbocycles. The van der Waals surface area contributed by atoms with E-state index in [0.717, 1.165) is 97.6 Å². The number of imide groups is 1. The molecule has 1 saturated carbocycles. The molecule has 9 rings (SSSR count). The molecule has 14 heteroatoms. The van der Waals surface area contributed by atoms with E-state index in [1.165, 1.54) is 12.1 Å². The van der Waals surface area contributed by atoms with Crippen LogP contribution in [0.1, 0.15) is 95.2 Å². The van der Waals surface area contributed by atoms with E-state index in [1.807, 2.05) is 54.6 Å². The van der Waals surface area contributed by atoms with E-state index in [1.54, 1.807) is 47.4 Å². The number of hydrogen-bond acceptors (Lipinski definition) is 10. The summed E-state index contributed by atoms with van der Waals surface area (Å²) in [5, 5.41) is 13.6. The van der Waals surface area contributed by atoms with Crippen LogP contribution in [0.2, 0.25) is 0 Å². The van der Waals surface area contributed by atoms with E-state index in [9.17, 15) is 29.3 Å². The van der Waals surface area contributed by atoms with Crippen LogP contribution >= 0.6 is 0 Å². The molecule has 4 aromatic rings. The van der Waals surface area contributed by atoms with Crippen molar-refractivity contribution in [2.45, 2.75) is 88.7 Å². The molecule has 4 amide bonds. The number of rotatable bonds is 17. The zero-order valence-electron chi connectivity index (χ0n) is 36.8. The van der Waals surface area contributed by atoms with Crippen molar-refractivity contribution in [2.24, 2.45) is 0 Å². The second kappa shape index (κ2) is 19.7. The number of benzene rings is 4. The maximum Gasteiger partial charge on any atom is 0.269 e. The zero-order chi connectivity index (χ0) is 45.7. The highest BCUT2D eigenvalue weighted by molar-refractivity contribution is 6.32. The van der Waals surface area contributed by atoms with Crippen LogP contribution < -0.4 is 19.7 Å². The highest BCUT2D eigenvalue weighted by Crippen LogP contribution is 2.38. The Balaban J connectivity index is 0.647. The summed E-state index contributed by atoms with van der Waals surface area (Å²) in [6.45, 7) is 7.77. The number of hydrogen-bond donors (Lipinski definition) is 1. The number of carbonyl (C=O) groups is 4. The van der Waals surface area contributed by atoms with E-state index in [-0.39, 0.29) is 41.4 Å². The minimum atomic E-state index is -0.834. The number of piperidine rings is 2. The van der Waals surface area contributed by atoms with Crippen molar-refractivity contribution in [1.82, 2.24) is 15.1 Å². The third kappa shape index (κ3) is 9.85. The molecule has 1 atom stereocenters. The van der Waals surface area contributed by atoms with Crippen LogP contribution in [0.3, 0.4) is 0 Å². The van der Waals surface area contributed by atoms with Crippen LogP contribution in [0.25, 0.3) is 11.6 Å². The summed E-state index contributed by atoms with van der Waals surface area (Å²) >= 11 is 0. The molecule has 0 spiro atoms. The minimum Gasteiger partial charge on any atom is -0.494 e. The number of nitrogens with zero attached hydrogens (tertiary/aromatic N) is 4. The number of allylic oxidation sites excluding steroid dienone is 3. The molecule has 66 heavy (non-hydrogen) atoms. The molecule has 340 valence electrons. The van der Waals surface area contributed by atoms with Gasteiger partial charge in [0.15, 0.2) is 0 Å². The molecule has 1 aliphatic carbocycles. The summed E-state index contributed by atoms with van der Waals surface area (Å²) < 4.78 is 18.7. The van der Waals surface area contributed by atoms with Gasteiger partial charge in [-0.3, -0.25) is 34.2 Å². The Hall–Kier alpha value is -6.90. The van der Waals surface area contributed by atoms with Crippen LogP contribution in [0.4, 0.5) is 11.4 Å². The van der Waals surface area contributed by atoms with Gasteiger partial charge in [-0.25, -0.2) is 0 Å². The topological polar surface area (TPSA) is 161 Å². The van der Waals surface area contributed by atoms with Crippen molar-refractivity contribution in [2.75, 3.05) is 31.1 Å². The minimum absolute atomic E-state index is 0.0319. The number of carbonyl (C=O) groups excluding carboxylic acids is 4. The number of nitro benzene ring substituents is 1. The van der Waals surface area contributed by atoms with Crippen molar-refractivity contribution >= 4 is 46.7 Å². The average Bonchev–Trinajstić information content (AvgIpc) is 3.71. The van der Waals surface area contributed by atoms with Crippen molar-refractivity contribution in [3.63, 3.8) is 0 Å². The van der Waals surface area contributed by atoms with Crippen LogP contribution in [-0.4, -0.2) is 88.9 Å². The summed E-state index contributed by atoms with van der Waals surface area (Å²) in [6.07, 6.45) is 13.6. The normalized spacial score (nSPS) is 21.6. The largest absolute Gasteiger partial charge is 0.494 e. The van der Waals surface area contributed by atoms with Crippen molar-refractivity contribution < 1.29 is 38.3 Å². The summed E-state index contributed by atoms with van der Waals surface area (Å²) in [4.78, 5) is 68.2. The Kier molecular flexibility index (Phi) is 13.2. The van der Waals surface area contributed by atoms with Crippen molar-refractivity contribution in [1.29, 1.82) is 0 Å². The number of fused-ring (bicyclic) bond motifs is 2. The number of para-hydroxylation sites is 1. The first-order chi connectivity index (χ1) is 32.1. The Morgan fingerprint density at radius 2 is 1.52 bits per heavy atom. The maximum absolute atomic E-state index is 13.7. The fourth-order valence-corrected chi connectivity index (χ4v) is 9.33. The second-order valence-electron chi connectivity index (χ2n) is 17.6. The van der Waals surface area contributed by atoms with Crippen LogP contribution in [0.5, 0.6) is 11.5 Å². The average molecular weight is 892 g/mol. The van der Waals surface area contributed by atoms with E-state index in [4.69, 9.17) is 14.2 Å². The number of amides is 4. The predicted octanol–water partition coefficient (Wildman–Crippen LogP) is 8.27. The molecule has 0 radical (unpaired) electrons. The predicted molar refractivity (Wildman–Crippen MR) is 249 cm³/mol. The van der Waals surface area contributed by atoms with Gasteiger partial charge < -0.3 is 29.3 Å². The van der Waals surface area contributed by atoms with Crippen LogP contribution in [0, 0.1) is 10.1 Å². The lowest BCUT2D eigenvalue weighted by atomic mass is 9.91. The summed E-state index contributed by atoms with van der Waals surface area (Å²) in [7, 11) is 0. The standard InChI is InChI=1S/C52H53N5O9/c1-34-12-23-48(49(58)53-34)56-51(60)45-22-21-40(32-46(45)52(56)61)64-29-6-2-5-26-54-27-24-39(25-28-54)66-42-30-41(31-42)65-38-19-15-36(16-20-38)33-55-47-11-4-3-9-43(47)44(50(55)59)10-7-8-35-13-17-37(18-14-35)57(62)63/h3-4,7-11,13-22,32,39,41-42,48H,1-2,5-6,12,23-31,33H2,(H,53,58). The van der Waals surface area contributed by atoms with E-state index < -0.39 is 22.8 Å². The molecule has 5 aliphatic rings. The van der Waals surface area contributed by atoms with Gasteiger partial charge in [0.2, 0.25) is 5.91 Å². The molecule has 14 nitrogen and oxygen atoms in total. The molecule has 0 aromatic heterocycles. The first kappa shape index (κ1) is 44.3. The van der Waals surface area contributed by atoms with Crippen LogP contribution in [0.15, 0.2) is 115 Å². The smallest absolute Gasteiger partial charge is 0.269 e. The first-order valence-electron chi connectivity index (χ1n) is 22.9. The van der Waals surface area contributed by atoms with Crippen molar-refractivity contribution in [3.8, 4) is 11.5 Å². The number of anilines is 1. The number of likely N-dealkylation sites (tertiary alicyclic amines) is 1. The fourth-order valence-electron chi connectivity index (χ4n) is 9.33. The molecule has 4 aliphatic heterocycles. The third-order valence-corrected chi connectivity index (χ3v) is 13.1. The quantitative estimate of drug-likeness (QED) is 0.0359. The first-order valence-corrected chi connectivity index (χ1v) is 22.9. The van der Waals surface area contributed by atoms with Gasteiger partial charge in [0.05, 0.1) is 47.1 Å². The summed E-state index contributed by atoms with van der Waals surface area (Å²) in [5.41, 5.74) is 5.30. The van der Waals surface area contributed by atoms with E-state index in [0.29, 0.717) is 48.6 Å². The Morgan fingerprint density at radius 3 is 2.27 bits per heavy atom. The highest BCUT2D eigenvalue weighted by atomic mass is 16.6. The lowest BCUT2D eigenvalue weighted by molar-refractivity contribution is -0.384.